The molecule has 0 bridgehead atoms. The summed E-state index contributed by atoms with van der Waals surface area (Å²) >= 11 is 1.51. The van der Waals surface area contributed by atoms with E-state index in [9.17, 15) is 9.59 Å². The van der Waals surface area contributed by atoms with Crippen molar-refractivity contribution in [1.29, 1.82) is 0 Å². The first kappa shape index (κ1) is 14.1. The summed E-state index contributed by atoms with van der Waals surface area (Å²) in [4.78, 5) is 32.8. The number of nitrogens with zero attached hydrogens (tertiary/aromatic N) is 3. The first-order valence-corrected chi connectivity index (χ1v) is 7.57. The van der Waals surface area contributed by atoms with E-state index in [2.05, 4.69) is 15.5 Å². The minimum Gasteiger partial charge on any atom is -0.323 e. The minimum atomic E-state index is -0.642. The Morgan fingerprint density at radius 2 is 2.24 bits per heavy atom. The highest BCUT2D eigenvalue weighted by Gasteiger charge is 2.43. The molecule has 112 valence electrons. The SMILES string of the molecule is CNC(=O)ON=C1n2c(nc3c2C(=O)CCC3)SC1(C)C. The summed E-state index contributed by atoms with van der Waals surface area (Å²) in [7, 11) is 1.46. The van der Waals surface area contributed by atoms with Crippen LogP contribution in [0.25, 0.3) is 0 Å². The third-order valence-electron chi connectivity index (χ3n) is 3.52. The van der Waals surface area contributed by atoms with Gasteiger partial charge < -0.3 is 5.32 Å². The second-order valence-electron chi connectivity index (χ2n) is 5.46. The molecule has 1 amide bonds. The van der Waals surface area contributed by atoms with Gasteiger partial charge in [0.1, 0.15) is 5.69 Å². The molecule has 1 aliphatic carbocycles. The molecular weight excluding hydrogens is 292 g/mol. The van der Waals surface area contributed by atoms with Gasteiger partial charge in [-0.3, -0.25) is 14.2 Å². The summed E-state index contributed by atoms with van der Waals surface area (Å²) in [5.74, 6) is 0.594. The van der Waals surface area contributed by atoms with Crippen molar-refractivity contribution in [2.75, 3.05) is 7.05 Å². The van der Waals surface area contributed by atoms with E-state index in [4.69, 9.17) is 4.84 Å². The van der Waals surface area contributed by atoms with Gasteiger partial charge in [-0.1, -0.05) is 16.9 Å². The Bertz CT molecular complexity index is 663. The van der Waals surface area contributed by atoms with Gasteiger partial charge in [-0.25, -0.2) is 9.78 Å². The molecule has 0 fully saturated rings. The van der Waals surface area contributed by atoms with E-state index in [1.54, 1.807) is 4.57 Å². The molecule has 0 unspecified atom stereocenters. The molecule has 3 rings (SSSR count). The monoisotopic (exact) mass is 308 g/mol. The Morgan fingerprint density at radius 1 is 1.48 bits per heavy atom. The van der Waals surface area contributed by atoms with E-state index in [0.29, 0.717) is 18.0 Å². The molecule has 0 spiro atoms. The maximum Gasteiger partial charge on any atom is 0.433 e. The van der Waals surface area contributed by atoms with E-state index in [-0.39, 0.29) is 5.78 Å². The van der Waals surface area contributed by atoms with E-state index in [1.165, 1.54) is 18.8 Å². The van der Waals surface area contributed by atoms with Crippen LogP contribution in [-0.4, -0.2) is 39.1 Å². The molecule has 1 aromatic heterocycles. The molecule has 8 heteroatoms. The molecule has 0 radical (unpaired) electrons. The number of imidazole rings is 1. The van der Waals surface area contributed by atoms with Crippen molar-refractivity contribution in [3.8, 4) is 0 Å². The smallest absolute Gasteiger partial charge is 0.323 e. The number of oxime groups is 1. The van der Waals surface area contributed by atoms with Gasteiger partial charge in [0.05, 0.1) is 10.4 Å². The molecule has 1 aromatic rings. The number of hydrogen-bond donors (Lipinski definition) is 1. The summed E-state index contributed by atoms with van der Waals surface area (Å²) < 4.78 is 1.33. The summed E-state index contributed by atoms with van der Waals surface area (Å²) in [5, 5.41) is 7.03. The summed E-state index contributed by atoms with van der Waals surface area (Å²) in [5.41, 5.74) is 1.41. The topological polar surface area (TPSA) is 85.6 Å². The Kier molecular flexibility index (Phi) is 3.27. The zero-order chi connectivity index (χ0) is 15.2. The molecule has 7 nitrogen and oxygen atoms in total. The number of ketones is 1. The lowest BCUT2D eigenvalue weighted by Gasteiger charge is -2.19. The lowest BCUT2D eigenvalue weighted by molar-refractivity contribution is 0.0965. The highest BCUT2D eigenvalue weighted by atomic mass is 32.2. The predicted molar refractivity (Wildman–Crippen MR) is 77.8 cm³/mol. The normalized spacial score (nSPS) is 21.1. The fraction of sp³-hybridized carbons (Fsp3) is 0.538. The maximum absolute atomic E-state index is 12.2. The van der Waals surface area contributed by atoms with Crippen molar-refractivity contribution >= 4 is 29.5 Å². The van der Waals surface area contributed by atoms with Crippen LogP contribution in [0.2, 0.25) is 0 Å². The Hall–Kier alpha value is -1.83. The lowest BCUT2D eigenvalue weighted by atomic mass is 9.99. The molecule has 0 atom stereocenters. The summed E-state index contributed by atoms with van der Waals surface area (Å²) in [6.07, 6.45) is 1.51. The fourth-order valence-corrected chi connectivity index (χ4v) is 3.63. The number of fused-ring (bicyclic) bond motifs is 3. The Labute approximate surface area is 126 Å². The number of rotatable bonds is 1. The van der Waals surface area contributed by atoms with Crippen molar-refractivity contribution in [3.05, 3.63) is 11.4 Å². The van der Waals surface area contributed by atoms with Crippen molar-refractivity contribution in [2.45, 2.75) is 43.0 Å². The van der Waals surface area contributed by atoms with Crippen molar-refractivity contribution in [2.24, 2.45) is 5.16 Å². The van der Waals surface area contributed by atoms with Gasteiger partial charge in [0.25, 0.3) is 0 Å². The quantitative estimate of drug-likeness (QED) is 0.631. The van der Waals surface area contributed by atoms with Crippen molar-refractivity contribution in [3.63, 3.8) is 0 Å². The Balaban J connectivity index is 2.08. The molecule has 2 heterocycles. The first-order valence-electron chi connectivity index (χ1n) is 6.75. The summed E-state index contributed by atoms with van der Waals surface area (Å²) in [6, 6.07) is 0. The number of carbonyl (C=O) groups excluding carboxylic acids is 2. The van der Waals surface area contributed by atoms with E-state index >= 15 is 0 Å². The largest absolute Gasteiger partial charge is 0.433 e. The first-order chi connectivity index (χ1) is 9.94. The molecule has 1 aliphatic heterocycles. The van der Waals surface area contributed by atoms with Gasteiger partial charge in [0.15, 0.2) is 16.8 Å². The van der Waals surface area contributed by atoms with Gasteiger partial charge in [0, 0.05) is 13.5 Å². The van der Waals surface area contributed by atoms with Crippen LogP contribution in [0.3, 0.4) is 0 Å². The third kappa shape index (κ3) is 2.23. The van der Waals surface area contributed by atoms with Crippen LogP contribution in [0, 0.1) is 0 Å². The number of aromatic nitrogens is 2. The number of hydrogen-bond acceptors (Lipinski definition) is 6. The van der Waals surface area contributed by atoms with Crippen LogP contribution in [0.1, 0.15) is 42.9 Å². The number of thioether (sulfide) groups is 1. The highest BCUT2D eigenvalue weighted by molar-refractivity contribution is 8.01. The number of nitrogens with one attached hydrogen (secondary N) is 1. The van der Waals surface area contributed by atoms with Crippen LogP contribution >= 0.6 is 11.8 Å². The third-order valence-corrected chi connectivity index (χ3v) is 4.67. The average Bonchev–Trinajstić information content (AvgIpc) is 2.88. The second-order valence-corrected chi connectivity index (χ2v) is 7.05. The van der Waals surface area contributed by atoms with Crippen LogP contribution in [0.4, 0.5) is 4.79 Å². The van der Waals surface area contributed by atoms with Gasteiger partial charge in [-0.05, 0) is 26.7 Å². The predicted octanol–water partition coefficient (Wildman–Crippen LogP) is 1.80. The minimum absolute atomic E-state index is 0.0703. The average molecular weight is 308 g/mol. The maximum atomic E-state index is 12.2. The van der Waals surface area contributed by atoms with E-state index in [0.717, 1.165) is 23.7 Å². The van der Waals surface area contributed by atoms with Gasteiger partial charge >= 0.3 is 6.09 Å². The molecule has 0 saturated carbocycles. The lowest BCUT2D eigenvalue weighted by Crippen LogP contribution is -2.32. The molecule has 0 saturated heterocycles. The number of amides is 1. The second kappa shape index (κ2) is 4.87. The van der Waals surface area contributed by atoms with Crippen LogP contribution < -0.4 is 5.32 Å². The molecule has 21 heavy (non-hydrogen) atoms. The van der Waals surface area contributed by atoms with Crippen molar-refractivity contribution in [1.82, 2.24) is 14.9 Å². The number of Topliss-reactive ketones (excluding diaryl/α,β-unsaturated/α-hetero) is 1. The van der Waals surface area contributed by atoms with Crippen LogP contribution in [-0.2, 0) is 11.3 Å². The zero-order valence-corrected chi connectivity index (χ0v) is 12.9. The van der Waals surface area contributed by atoms with E-state index < -0.39 is 10.8 Å². The number of carbonyl (C=O) groups is 2. The standard InChI is InChI=1S/C13H16N4O3S/c1-13(2)10(16-20-12(19)14-3)17-9-7(15-11(17)21-13)5-4-6-8(9)18/h4-6H2,1-3H3,(H,14,19). The zero-order valence-electron chi connectivity index (χ0n) is 12.1. The highest BCUT2D eigenvalue weighted by Crippen LogP contribution is 2.43. The van der Waals surface area contributed by atoms with E-state index in [1.807, 2.05) is 13.8 Å². The van der Waals surface area contributed by atoms with Gasteiger partial charge in [0.2, 0.25) is 0 Å². The van der Waals surface area contributed by atoms with Crippen LogP contribution in [0.15, 0.2) is 10.3 Å². The molecular formula is C13H16N4O3S. The Morgan fingerprint density at radius 3 is 2.95 bits per heavy atom. The van der Waals surface area contributed by atoms with Crippen molar-refractivity contribution < 1.29 is 14.4 Å². The van der Waals surface area contributed by atoms with Crippen LogP contribution in [0.5, 0.6) is 0 Å². The fourth-order valence-electron chi connectivity index (χ4n) is 2.53. The molecule has 0 aromatic carbocycles. The molecule has 1 N–H and O–H groups in total. The number of aryl methyl sites for hydroxylation is 1. The van der Waals surface area contributed by atoms with Gasteiger partial charge in [-0.15, -0.1) is 0 Å². The molecule has 2 aliphatic rings. The van der Waals surface area contributed by atoms with Gasteiger partial charge in [-0.2, -0.15) is 0 Å². The summed E-state index contributed by atoms with van der Waals surface area (Å²) in [6.45, 7) is 3.91.